The van der Waals surface area contributed by atoms with Crippen molar-refractivity contribution >= 4 is 45.9 Å². The van der Waals surface area contributed by atoms with Gasteiger partial charge in [0, 0.05) is 25.3 Å². The number of benzene rings is 2. The molecule has 1 N–H and O–H groups in total. The molecule has 1 saturated heterocycles. The van der Waals surface area contributed by atoms with Crippen molar-refractivity contribution < 1.29 is 40.7 Å². The lowest BCUT2D eigenvalue weighted by molar-refractivity contribution is -0.274. The second-order valence-electron chi connectivity index (χ2n) is 10.5. The van der Waals surface area contributed by atoms with Gasteiger partial charge in [0.2, 0.25) is 5.91 Å². The number of amides is 3. The van der Waals surface area contributed by atoms with E-state index in [2.05, 4.69) is 30.1 Å². The molecular formula is C30H26F6N8O3S. The van der Waals surface area contributed by atoms with Crippen LogP contribution in [0, 0.1) is 0 Å². The first kappa shape index (κ1) is 34.2. The molecule has 1 aliphatic rings. The number of urea groups is 1. The lowest BCUT2D eigenvalue weighted by atomic mass is 10.1. The molecule has 1 aliphatic heterocycles. The third-order valence-electron chi connectivity index (χ3n) is 6.81. The number of halogens is 6. The van der Waals surface area contributed by atoms with Crippen molar-refractivity contribution in [3.05, 3.63) is 72.2 Å². The first-order valence-electron chi connectivity index (χ1n) is 14.1. The first-order chi connectivity index (χ1) is 22.6. The minimum Gasteiger partial charge on any atom is -0.404 e. The molecule has 0 aliphatic carbocycles. The summed E-state index contributed by atoms with van der Waals surface area (Å²) in [7, 11) is 3.67. The molecule has 11 nitrogen and oxygen atoms in total. The number of amidine groups is 1. The Labute approximate surface area is 273 Å². The zero-order valence-corrected chi connectivity index (χ0v) is 26.2. The molecule has 4 aromatic rings. The molecule has 18 heteroatoms. The number of hydrogen-bond donors (Lipinski definition) is 1. The molecular weight excluding hydrogens is 666 g/mol. The molecule has 2 aromatic carbocycles. The van der Waals surface area contributed by atoms with Crippen LogP contribution in [0.15, 0.2) is 66.0 Å². The smallest absolute Gasteiger partial charge is 0.404 e. The number of aliphatic imine (C=N–C) groups is 1. The van der Waals surface area contributed by atoms with Crippen LogP contribution in [0.4, 0.5) is 48.2 Å². The number of aryl methyl sites for hydroxylation is 1. The van der Waals surface area contributed by atoms with Crippen molar-refractivity contribution in [3.8, 4) is 23.0 Å². The fourth-order valence-electron chi connectivity index (χ4n) is 4.67. The summed E-state index contributed by atoms with van der Waals surface area (Å²) in [6.45, 7) is 1.98. The van der Waals surface area contributed by atoms with Gasteiger partial charge < -0.3 is 15.0 Å². The summed E-state index contributed by atoms with van der Waals surface area (Å²) in [6, 6.07) is 9.61. The van der Waals surface area contributed by atoms with Gasteiger partial charge in [0.15, 0.2) is 16.8 Å². The lowest BCUT2D eigenvalue weighted by Gasteiger charge is -2.23. The summed E-state index contributed by atoms with van der Waals surface area (Å²) in [5.41, 5.74) is 0.308. The van der Waals surface area contributed by atoms with E-state index in [-0.39, 0.29) is 34.0 Å². The number of hydrogen-bond acceptors (Lipinski definition) is 8. The maximum absolute atomic E-state index is 14.2. The maximum Gasteiger partial charge on any atom is 0.573 e. The van der Waals surface area contributed by atoms with Crippen molar-refractivity contribution in [2.75, 3.05) is 35.0 Å². The number of aromatic nitrogens is 4. The normalized spacial score (nSPS) is 14.5. The van der Waals surface area contributed by atoms with Crippen LogP contribution < -0.4 is 19.9 Å². The molecule has 48 heavy (non-hydrogen) atoms. The van der Waals surface area contributed by atoms with E-state index in [0.29, 0.717) is 12.1 Å². The van der Waals surface area contributed by atoms with Gasteiger partial charge in [-0.2, -0.15) is 18.2 Å². The highest BCUT2D eigenvalue weighted by molar-refractivity contribution is 8.15. The number of carbonyl (C=O) groups is 2. The van der Waals surface area contributed by atoms with Gasteiger partial charge in [0.1, 0.15) is 12.1 Å². The van der Waals surface area contributed by atoms with Gasteiger partial charge in [-0.05, 0) is 54.4 Å². The van der Waals surface area contributed by atoms with Gasteiger partial charge in [0.05, 0.1) is 28.9 Å². The van der Waals surface area contributed by atoms with Crippen LogP contribution in [0.25, 0.3) is 17.2 Å². The standard InChI is InChI=1S/C30H26F6N8O3S/c1-4-5-17-6-8-19(42(2)3)13-23(17)44-25(45)15-48-28(44)40-27(46)39-22-10-7-18(12-21(22)29(31,32)33)26-38-16-43(41-26)24-11-9-20(14-37-24)47-30(34,35)36/h6-14,16H,4-5,15H2,1-3H3,(H,39,46)/b40-28-. The summed E-state index contributed by atoms with van der Waals surface area (Å²) in [5.74, 6) is -1.04. The number of alkyl halides is 6. The Hall–Kier alpha value is -5.13. The first-order valence-corrected chi connectivity index (χ1v) is 15.1. The summed E-state index contributed by atoms with van der Waals surface area (Å²) < 4.78 is 84.6. The zero-order valence-electron chi connectivity index (χ0n) is 25.4. The number of ether oxygens (including phenoxy) is 1. The number of pyridine rings is 1. The Morgan fingerprint density at radius 2 is 1.83 bits per heavy atom. The Morgan fingerprint density at radius 1 is 1.06 bits per heavy atom. The largest absolute Gasteiger partial charge is 0.573 e. The summed E-state index contributed by atoms with van der Waals surface area (Å²) >= 11 is 0.995. The van der Waals surface area contributed by atoms with Crippen LogP contribution in [-0.4, -0.2) is 63.1 Å². The molecule has 0 atom stereocenters. The Morgan fingerprint density at radius 3 is 2.48 bits per heavy atom. The van der Waals surface area contributed by atoms with E-state index in [9.17, 15) is 35.9 Å². The molecule has 252 valence electrons. The molecule has 0 spiro atoms. The SMILES string of the molecule is CCCc1ccc(N(C)C)cc1N1C(=O)CS/C1=N\C(=O)Nc1ccc(-c2ncn(-c3ccc(OC(F)(F)F)cn3)n2)cc1C(F)(F)F. The predicted octanol–water partition coefficient (Wildman–Crippen LogP) is 6.93. The quantitative estimate of drug-likeness (QED) is 0.198. The molecule has 1 fully saturated rings. The third-order valence-corrected chi connectivity index (χ3v) is 7.74. The number of anilines is 3. The highest BCUT2D eigenvalue weighted by Crippen LogP contribution is 2.38. The van der Waals surface area contributed by atoms with Crippen LogP contribution in [0.3, 0.4) is 0 Å². The van der Waals surface area contributed by atoms with Crippen LogP contribution in [0.2, 0.25) is 0 Å². The second kappa shape index (κ2) is 13.5. The fraction of sp³-hybridized carbons (Fsp3) is 0.267. The molecule has 0 radical (unpaired) electrons. The monoisotopic (exact) mass is 692 g/mol. The van der Waals surface area contributed by atoms with E-state index in [1.807, 2.05) is 38.1 Å². The Bertz CT molecular complexity index is 1860. The zero-order chi connectivity index (χ0) is 34.8. The minimum atomic E-state index is -4.92. The minimum absolute atomic E-state index is 0.00693. The molecule has 0 saturated carbocycles. The van der Waals surface area contributed by atoms with Crippen LogP contribution in [-0.2, 0) is 17.4 Å². The topological polar surface area (TPSA) is 118 Å². The van der Waals surface area contributed by atoms with Crippen molar-refractivity contribution in [1.29, 1.82) is 0 Å². The summed E-state index contributed by atoms with van der Waals surface area (Å²) in [6.07, 6.45) is -6.48. The van der Waals surface area contributed by atoms with E-state index < -0.39 is 35.6 Å². The highest BCUT2D eigenvalue weighted by Gasteiger charge is 2.36. The predicted molar refractivity (Wildman–Crippen MR) is 167 cm³/mol. The van der Waals surface area contributed by atoms with Gasteiger partial charge in [-0.25, -0.2) is 19.4 Å². The van der Waals surface area contributed by atoms with E-state index in [1.54, 1.807) is 6.07 Å². The van der Waals surface area contributed by atoms with Gasteiger partial charge in [0.25, 0.3) is 0 Å². The fourth-order valence-corrected chi connectivity index (χ4v) is 5.52. The number of rotatable bonds is 8. The van der Waals surface area contributed by atoms with E-state index in [0.717, 1.165) is 70.9 Å². The van der Waals surface area contributed by atoms with Gasteiger partial charge in [-0.15, -0.1) is 18.3 Å². The van der Waals surface area contributed by atoms with Crippen LogP contribution in [0.5, 0.6) is 5.75 Å². The molecule has 2 aromatic heterocycles. The van der Waals surface area contributed by atoms with Crippen molar-refractivity contribution in [2.45, 2.75) is 32.3 Å². The van der Waals surface area contributed by atoms with Gasteiger partial charge in [-0.3, -0.25) is 9.69 Å². The van der Waals surface area contributed by atoms with E-state index >= 15 is 0 Å². The Kier molecular flexibility index (Phi) is 9.65. The number of nitrogens with zero attached hydrogens (tertiary/aromatic N) is 7. The average molecular weight is 693 g/mol. The third kappa shape index (κ3) is 7.87. The van der Waals surface area contributed by atoms with Crippen molar-refractivity contribution in [3.63, 3.8) is 0 Å². The number of thioether (sulfide) groups is 1. The van der Waals surface area contributed by atoms with Crippen LogP contribution in [0.1, 0.15) is 24.5 Å². The second-order valence-corrected chi connectivity index (χ2v) is 11.4. The summed E-state index contributed by atoms with van der Waals surface area (Å²) in [4.78, 5) is 40.9. The molecule has 3 amide bonds. The average Bonchev–Trinajstić information content (AvgIpc) is 3.64. The van der Waals surface area contributed by atoms with Gasteiger partial charge in [-0.1, -0.05) is 31.2 Å². The summed E-state index contributed by atoms with van der Waals surface area (Å²) in [5, 5.41) is 6.28. The Balaban J connectivity index is 1.39. The highest BCUT2D eigenvalue weighted by atomic mass is 32.2. The van der Waals surface area contributed by atoms with E-state index in [4.69, 9.17) is 0 Å². The molecule has 0 bridgehead atoms. The van der Waals surface area contributed by atoms with E-state index in [1.165, 1.54) is 11.0 Å². The van der Waals surface area contributed by atoms with Gasteiger partial charge >= 0.3 is 18.6 Å². The van der Waals surface area contributed by atoms with Crippen LogP contribution >= 0.6 is 11.8 Å². The molecule has 3 heterocycles. The maximum atomic E-state index is 14.2. The van der Waals surface area contributed by atoms with Crippen molar-refractivity contribution in [1.82, 2.24) is 19.7 Å². The molecule has 5 rings (SSSR count). The molecule has 0 unspecified atom stereocenters. The number of nitrogens with one attached hydrogen (secondary N) is 1. The van der Waals surface area contributed by atoms with Crippen molar-refractivity contribution in [2.24, 2.45) is 4.99 Å². The lowest BCUT2D eigenvalue weighted by Crippen LogP contribution is -2.31. The number of carbonyl (C=O) groups excluding carboxylic acids is 2.